The largest absolute Gasteiger partial charge is 0.294 e. The molecule has 0 aliphatic heterocycles. The first kappa shape index (κ1) is 10.0. The van der Waals surface area contributed by atoms with Crippen LogP contribution in [0.15, 0.2) is 41.9 Å². The van der Waals surface area contributed by atoms with Gasteiger partial charge in [-0.1, -0.05) is 48.5 Å². The zero-order valence-corrected chi connectivity index (χ0v) is 8.05. The first-order chi connectivity index (χ1) is 6.20. The third-order valence-electron chi connectivity index (χ3n) is 1.72. The summed E-state index contributed by atoms with van der Waals surface area (Å²) in [5, 5.41) is 0.532. The lowest BCUT2D eigenvalue weighted by molar-refractivity contribution is 0.0983. The van der Waals surface area contributed by atoms with E-state index < -0.39 is 0 Å². The summed E-state index contributed by atoms with van der Waals surface area (Å²) in [6, 6.07) is 9.20. The van der Waals surface area contributed by atoms with Gasteiger partial charge in [0.25, 0.3) is 0 Å². The van der Waals surface area contributed by atoms with Crippen LogP contribution in [0.2, 0.25) is 0 Å². The summed E-state index contributed by atoms with van der Waals surface area (Å²) in [7, 11) is 0. The van der Waals surface area contributed by atoms with E-state index in [-0.39, 0.29) is 5.78 Å². The van der Waals surface area contributed by atoms with E-state index in [1.807, 2.05) is 18.2 Å². The van der Waals surface area contributed by atoms with Gasteiger partial charge in [-0.2, -0.15) is 0 Å². The van der Waals surface area contributed by atoms with Crippen LogP contribution >= 0.6 is 11.6 Å². The van der Waals surface area contributed by atoms with Gasteiger partial charge in [-0.15, -0.1) is 0 Å². The van der Waals surface area contributed by atoms with Gasteiger partial charge in [0, 0.05) is 17.0 Å². The molecule has 0 N–H and O–H groups in total. The molecule has 0 aromatic heterocycles. The van der Waals surface area contributed by atoms with E-state index in [0.717, 1.165) is 5.56 Å². The molecule has 0 fully saturated rings. The average Bonchev–Trinajstić information content (AvgIpc) is 2.15. The quantitative estimate of drug-likeness (QED) is 0.672. The van der Waals surface area contributed by atoms with E-state index >= 15 is 0 Å². The molecular formula is C11H11ClO. The lowest BCUT2D eigenvalue weighted by atomic mass is 10.1. The minimum absolute atomic E-state index is 0.113. The number of carbonyl (C=O) groups is 1. The van der Waals surface area contributed by atoms with Crippen molar-refractivity contribution in [2.45, 2.75) is 12.8 Å². The molecule has 1 aromatic carbocycles. The molecule has 0 aliphatic rings. The van der Waals surface area contributed by atoms with Crippen molar-refractivity contribution in [3.63, 3.8) is 0 Å². The second-order valence-electron chi connectivity index (χ2n) is 2.81. The van der Waals surface area contributed by atoms with Crippen LogP contribution in [0.5, 0.6) is 0 Å². The van der Waals surface area contributed by atoms with E-state index in [1.165, 1.54) is 0 Å². The van der Waals surface area contributed by atoms with Crippen LogP contribution < -0.4 is 0 Å². The van der Waals surface area contributed by atoms with Crippen molar-refractivity contribution in [3.05, 3.63) is 47.5 Å². The number of Topliss-reactive ketones (excluding diaryl/α,β-unsaturated/α-hetero) is 1. The highest BCUT2D eigenvalue weighted by atomic mass is 35.5. The summed E-state index contributed by atoms with van der Waals surface area (Å²) in [6.07, 6.45) is 0.988. The molecule has 68 valence electrons. The summed E-state index contributed by atoms with van der Waals surface area (Å²) in [6.45, 7) is 3.53. The second-order valence-corrected chi connectivity index (χ2v) is 3.34. The van der Waals surface area contributed by atoms with E-state index in [0.29, 0.717) is 17.9 Å². The van der Waals surface area contributed by atoms with Crippen molar-refractivity contribution in [2.75, 3.05) is 0 Å². The summed E-state index contributed by atoms with van der Waals surface area (Å²) >= 11 is 5.56. The Labute approximate surface area is 83.0 Å². The second kappa shape index (κ2) is 4.83. The molecule has 0 amide bonds. The molecule has 1 rings (SSSR count). The molecule has 0 heterocycles. The highest BCUT2D eigenvalue weighted by molar-refractivity contribution is 6.29. The number of ketones is 1. The van der Waals surface area contributed by atoms with Crippen LogP contribution in [0, 0.1) is 0 Å². The van der Waals surface area contributed by atoms with Crippen molar-refractivity contribution in [1.82, 2.24) is 0 Å². The van der Waals surface area contributed by atoms with Gasteiger partial charge in [0.05, 0.1) is 0 Å². The van der Waals surface area contributed by atoms with Gasteiger partial charge in [0.2, 0.25) is 0 Å². The highest BCUT2D eigenvalue weighted by Crippen LogP contribution is 2.11. The Morgan fingerprint density at radius 2 is 1.85 bits per heavy atom. The van der Waals surface area contributed by atoms with Gasteiger partial charge in [0.1, 0.15) is 0 Å². The number of hydrogen-bond donors (Lipinski definition) is 0. The summed E-state index contributed by atoms with van der Waals surface area (Å²) in [4.78, 5) is 11.4. The Kier molecular flexibility index (Phi) is 3.71. The molecule has 1 aromatic rings. The van der Waals surface area contributed by atoms with Crippen molar-refractivity contribution in [2.24, 2.45) is 0 Å². The molecule has 0 radical (unpaired) electrons. The SMILES string of the molecule is C=C(Cl)CCC(=O)c1ccccc1. The van der Waals surface area contributed by atoms with Gasteiger partial charge < -0.3 is 0 Å². The lowest BCUT2D eigenvalue weighted by Gasteiger charge is -1.98. The van der Waals surface area contributed by atoms with E-state index in [4.69, 9.17) is 11.6 Å². The van der Waals surface area contributed by atoms with Crippen LogP contribution in [-0.4, -0.2) is 5.78 Å². The Morgan fingerprint density at radius 1 is 1.23 bits per heavy atom. The predicted molar refractivity (Wildman–Crippen MR) is 55.0 cm³/mol. The topological polar surface area (TPSA) is 17.1 Å². The maximum absolute atomic E-state index is 11.4. The fraction of sp³-hybridized carbons (Fsp3) is 0.182. The maximum Gasteiger partial charge on any atom is 0.163 e. The average molecular weight is 195 g/mol. The van der Waals surface area contributed by atoms with E-state index in [2.05, 4.69) is 6.58 Å². The first-order valence-electron chi connectivity index (χ1n) is 4.11. The normalized spacial score (nSPS) is 9.62. The molecule has 0 atom stereocenters. The fourth-order valence-electron chi connectivity index (χ4n) is 1.02. The van der Waals surface area contributed by atoms with Gasteiger partial charge in [-0.3, -0.25) is 4.79 Å². The van der Waals surface area contributed by atoms with Crippen LogP contribution in [0.4, 0.5) is 0 Å². The van der Waals surface area contributed by atoms with Gasteiger partial charge in [-0.05, 0) is 6.42 Å². The lowest BCUT2D eigenvalue weighted by Crippen LogP contribution is -1.97. The third kappa shape index (κ3) is 3.43. The number of carbonyl (C=O) groups excluding carboxylic acids is 1. The molecule has 0 saturated carbocycles. The minimum atomic E-state index is 0.113. The van der Waals surface area contributed by atoms with Crippen molar-refractivity contribution < 1.29 is 4.79 Å². The van der Waals surface area contributed by atoms with Crippen molar-refractivity contribution in [1.29, 1.82) is 0 Å². The van der Waals surface area contributed by atoms with E-state index in [9.17, 15) is 4.79 Å². The van der Waals surface area contributed by atoms with Crippen molar-refractivity contribution in [3.8, 4) is 0 Å². The van der Waals surface area contributed by atoms with Crippen LogP contribution in [0.1, 0.15) is 23.2 Å². The molecule has 13 heavy (non-hydrogen) atoms. The van der Waals surface area contributed by atoms with E-state index in [1.54, 1.807) is 12.1 Å². The monoisotopic (exact) mass is 194 g/mol. The summed E-state index contributed by atoms with van der Waals surface area (Å²) < 4.78 is 0. The molecule has 0 aliphatic carbocycles. The molecule has 0 bridgehead atoms. The zero-order chi connectivity index (χ0) is 9.68. The van der Waals surface area contributed by atoms with Crippen molar-refractivity contribution >= 4 is 17.4 Å². The third-order valence-corrected chi connectivity index (χ3v) is 1.91. The smallest absolute Gasteiger partial charge is 0.163 e. The Hall–Kier alpha value is -1.08. The number of rotatable bonds is 4. The first-order valence-corrected chi connectivity index (χ1v) is 4.49. The molecule has 2 heteroatoms. The summed E-state index contributed by atoms with van der Waals surface area (Å²) in [5.74, 6) is 0.113. The van der Waals surface area contributed by atoms with Crippen LogP contribution in [0.25, 0.3) is 0 Å². The van der Waals surface area contributed by atoms with Gasteiger partial charge >= 0.3 is 0 Å². The Balaban J connectivity index is 2.54. The molecule has 0 unspecified atom stereocenters. The number of allylic oxidation sites excluding steroid dienone is 1. The standard InChI is InChI=1S/C11H11ClO/c1-9(12)7-8-11(13)10-5-3-2-4-6-10/h2-6H,1,7-8H2. The van der Waals surface area contributed by atoms with Gasteiger partial charge in [-0.25, -0.2) is 0 Å². The number of hydrogen-bond acceptors (Lipinski definition) is 1. The number of halogens is 1. The maximum atomic E-state index is 11.4. The fourth-order valence-corrected chi connectivity index (χ4v) is 1.11. The molecule has 0 saturated heterocycles. The zero-order valence-electron chi connectivity index (χ0n) is 7.29. The Morgan fingerprint density at radius 3 is 2.38 bits per heavy atom. The van der Waals surface area contributed by atoms with Crippen LogP contribution in [0.3, 0.4) is 0 Å². The molecule has 0 spiro atoms. The van der Waals surface area contributed by atoms with Gasteiger partial charge in [0.15, 0.2) is 5.78 Å². The molecule has 1 nitrogen and oxygen atoms in total. The number of benzene rings is 1. The Bertz CT molecular complexity index is 303. The highest BCUT2D eigenvalue weighted by Gasteiger charge is 2.04. The molecular weight excluding hydrogens is 184 g/mol. The summed E-state index contributed by atoms with van der Waals surface area (Å²) in [5.41, 5.74) is 0.736. The predicted octanol–water partition coefficient (Wildman–Crippen LogP) is 3.40. The minimum Gasteiger partial charge on any atom is -0.294 e. The van der Waals surface area contributed by atoms with Crippen LogP contribution in [-0.2, 0) is 0 Å².